The molecule has 0 amide bonds. The standard InChI is InChI=1S/C10H13NO/c1-6-4-9(11)5-10(7(6)2)8(3)12/h4-5H,11H2,1-3H3. The molecule has 0 bridgehead atoms. The van der Waals surface area contributed by atoms with Crippen LogP contribution in [0.3, 0.4) is 0 Å². The van der Waals surface area contributed by atoms with E-state index in [9.17, 15) is 4.79 Å². The fourth-order valence-corrected chi connectivity index (χ4v) is 1.25. The average Bonchev–Trinajstić information content (AvgIpc) is 1.96. The Bertz CT molecular complexity index is 329. The molecule has 1 rings (SSSR count). The van der Waals surface area contributed by atoms with Gasteiger partial charge < -0.3 is 5.73 Å². The van der Waals surface area contributed by atoms with Crippen LogP contribution in [-0.4, -0.2) is 5.78 Å². The highest BCUT2D eigenvalue weighted by atomic mass is 16.1. The summed E-state index contributed by atoms with van der Waals surface area (Å²) < 4.78 is 0. The van der Waals surface area contributed by atoms with Gasteiger partial charge in [-0.25, -0.2) is 0 Å². The minimum absolute atomic E-state index is 0.0721. The molecule has 1 aromatic rings. The highest BCUT2D eigenvalue weighted by Gasteiger charge is 2.06. The first kappa shape index (κ1) is 8.78. The zero-order valence-electron chi connectivity index (χ0n) is 7.64. The monoisotopic (exact) mass is 163 g/mol. The molecular weight excluding hydrogens is 150 g/mol. The zero-order chi connectivity index (χ0) is 9.30. The summed E-state index contributed by atoms with van der Waals surface area (Å²) >= 11 is 0. The first-order valence-corrected chi connectivity index (χ1v) is 3.90. The van der Waals surface area contributed by atoms with Gasteiger partial charge in [-0.3, -0.25) is 4.79 Å². The van der Waals surface area contributed by atoms with E-state index in [1.165, 1.54) is 0 Å². The summed E-state index contributed by atoms with van der Waals surface area (Å²) in [6, 6.07) is 3.60. The molecule has 0 aromatic heterocycles. The predicted molar refractivity (Wildman–Crippen MR) is 50.3 cm³/mol. The molecule has 2 nitrogen and oxygen atoms in total. The maximum absolute atomic E-state index is 11.1. The van der Waals surface area contributed by atoms with Crippen LogP contribution in [-0.2, 0) is 0 Å². The summed E-state index contributed by atoms with van der Waals surface area (Å²) in [5.74, 6) is 0.0721. The van der Waals surface area contributed by atoms with Crippen LogP contribution in [0.2, 0.25) is 0 Å². The maximum Gasteiger partial charge on any atom is 0.160 e. The number of ketones is 1. The first-order valence-electron chi connectivity index (χ1n) is 3.90. The van der Waals surface area contributed by atoms with Crippen molar-refractivity contribution < 1.29 is 4.79 Å². The van der Waals surface area contributed by atoms with E-state index >= 15 is 0 Å². The second-order valence-electron chi connectivity index (χ2n) is 3.07. The third-order valence-corrected chi connectivity index (χ3v) is 2.07. The van der Waals surface area contributed by atoms with Crippen molar-refractivity contribution in [1.29, 1.82) is 0 Å². The lowest BCUT2D eigenvalue weighted by Crippen LogP contribution is -2.00. The Morgan fingerprint density at radius 2 is 1.92 bits per heavy atom. The van der Waals surface area contributed by atoms with Gasteiger partial charge in [-0.05, 0) is 44.0 Å². The van der Waals surface area contributed by atoms with E-state index < -0.39 is 0 Å². The molecule has 12 heavy (non-hydrogen) atoms. The van der Waals surface area contributed by atoms with Crippen molar-refractivity contribution in [2.75, 3.05) is 5.73 Å². The third-order valence-electron chi connectivity index (χ3n) is 2.07. The van der Waals surface area contributed by atoms with E-state index in [1.54, 1.807) is 13.0 Å². The highest BCUT2D eigenvalue weighted by molar-refractivity contribution is 5.96. The van der Waals surface area contributed by atoms with Crippen molar-refractivity contribution in [3.8, 4) is 0 Å². The van der Waals surface area contributed by atoms with E-state index in [4.69, 9.17) is 5.73 Å². The Balaban J connectivity index is 3.37. The Kier molecular flexibility index (Phi) is 2.18. The Morgan fingerprint density at radius 1 is 1.33 bits per heavy atom. The second kappa shape index (κ2) is 2.97. The fraction of sp³-hybridized carbons (Fsp3) is 0.300. The van der Waals surface area contributed by atoms with Crippen LogP contribution < -0.4 is 5.73 Å². The summed E-state index contributed by atoms with van der Waals surface area (Å²) in [7, 11) is 0. The van der Waals surface area contributed by atoms with Crippen LogP contribution in [0.5, 0.6) is 0 Å². The van der Waals surface area contributed by atoms with Crippen molar-refractivity contribution in [3.63, 3.8) is 0 Å². The van der Waals surface area contributed by atoms with Gasteiger partial charge in [-0.2, -0.15) is 0 Å². The van der Waals surface area contributed by atoms with Gasteiger partial charge in [0.15, 0.2) is 5.78 Å². The van der Waals surface area contributed by atoms with Crippen LogP contribution in [0.4, 0.5) is 5.69 Å². The number of nitrogens with two attached hydrogens (primary N) is 1. The molecule has 0 atom stereocenters. The average molecular weight is 163 g/mol. The summed E-state index contributed by atoms with van der Waals surface area (Å²) in [6.45, 7) is 5.45. The topological polar surface area (TPSA) is 43.1 Å². The third kappa shape index (κ3) is 1.47. The molecule has 0 saturated carbocycles. The molecule has 0 unspecified atom stereocenters. The van der Waals surface area contributed by atoms with Crippen LogP contribution in [0.1, 0.15) is 28.4 Å². The molecule has 0 spiro atoms. The number of nitrogen functional groups attached to an aromatic ring is 1. The molecule has 2 heteroatoms. The molecule has 2 N–H and O–H groups in total. The number of rotatable bonds is 1. The Hall–Kier alpha value is -1.31. The lowest BCUT2D eigenvalue weighted by atomic mass is 10.00. The van der Waals surface area contributed by atoms with Gasteiger partial charge in [-0.1, -0.05) is 0 Å². The normalized spacial score (nSPS) is 9.92. The highest BCUT2D eigenvalue weighted by Crippen LogP contribution is 2.17. The lowest BCUT2D eigenvalue weighted by molar-refractivity contribution is 0.101. The number of carbonyl (C=O) groups is 1. The van der Waals surface area contributed by atoms with Crippen LogP contribution in [0.25, 0.3) is 0 Å². The summed E-state index contributed by atoms with van der Waals surface area (Å²) in [5.41, 5.74) is 9.09. The van der Waals surface area contributed by atoms with Crippen molar-refractivity contribution in [2.45, 2.75) is 20.8 Å². The Morgan fingerprint density at radius 3 is 2.42 bits per heavy atom. The van der Waals surface area contributed by atoms with Crippen molar-refractivity contribution in [1.82, 2.24) is 0 Å². The molecule has 0 aliphatic heterocycles. The van der Waals surface area contributed by atoms with Gasteiger partial charge >= 0.3 is 0 Å². The van der Waals surface area contributed by atoms with E-state index in [1.807, 2.05) is 19.9 Å². The Labute approximate surface area is 72.4 Å². The van der Waals surface area contributed by atoms with Gasteiger partial charge in [0.2, 0.25) is 0 Å². The molecule has 0 fully saturated rings. The lowest BCUT2D eigenvalue weighted by Gasteiger charge is -2.06. The zero-order valence-corrected chi connectivity index (χ0v) is 7.64. The van der Waals surface area contributed by atoms with E-state index in [0.717, 1.165) is 16.7 Å². The van der Waals surface area contributed by atoms with E-state index in [-0.39, 0.29) is 5.78 Å². The van der Waals surface area contributed by atoms with Crippen LogP contribution >= 0.6 is 0 Å². The van der Waals surface area contributed by atoms with Crippen molar-refractivity contribution in [3.05, 3.63) is 28.8 Å². The van der Waals surface area contributed by atoms with Crippen molar-refractivity contribution >= 4 is 11.5 Å². The maximum atomic E-state index is 11.1. The smallest absolute Gasteiger partial charge is 0.160 e. The van der Waals surface area contributed by atoms with E-state index in [2.05, 4.69) is 0 Å². The molecule has 0 radical (unpaired) electrons. The quantitative estimate of drug-likeness (QED) is 0.509. The van der Waals surface area contributed by atoms with Gasteiger partial charge in [0.25, 0.3) is 0 Å². The molecular formula is C10H13NO. The molecule has 1 aromatic carbocycles. The fourth-order valence-electron chi connectivity index (χ4n) is 1.25. The van der Waals surface area contributed by atoms with Crippen LogP contribution in [0, 0.1) is 13.8 Å². The number of hydrogen-bond donors (Lipinski definition) is 1. The summed E-state index contributed by atoms with van der Waals surface area (Å²) in [4.78, 5) is 11.1. The number of Topliss-reactive ketones (excluding diaryl/α,β-unsaturated/α-hetero) is 1. The predicted octanol–water partition coefficient (Wildman–Crippen LogP) is 2.09. The van der Waals surface area contributed by atoms with E-state index in [0.29, 0.717) is 5.69 Å². The first-order chi connectivity index (χ1) is 5.52. The minimum Gasteiger partial charge on any atom is -0.399 e. The number of anilines is 1. The molecule has 0 saturated heterocycles. The van der Waals surface area contributed by atoms with Gasteiger partial charge in [0.1, 0.15) is 0 Å². The molecule has 64 valence electrons. The molecule has 0 heterocycles. The van der Waals surface area contributed by atoms with Crippen LogP contribution in [0.15, 0.2) is 12.1 Å². The number of benzene rings is 1. The summed E-state index contributed by atoms with van der Waals surface area (Å²) in [5, 5.41) is 0. The van der Waals surface area contributed by atoms with Gasteiger partial charge in [-0.15, -0.1) is 0 Å². The molecule has 0 aliphatic carbocycles. The number of aryl methyl sites for hydroxylation is 1. The van der Waals surface area contributed by atoms with Gasteiger partial charge in [0.05, 0.1) is 0 Å². The SMILES string of the molecule is CC(=O)c1cc(N)cc(C)c1C. The van der Waals surface area contributed by atoms with Gasteiger partial charge in [0, 0.05) is 11.3 Å². The second-order valence-corrected chi connectivity index (χ2v) is 3.07. The van der Waals surface area contributed by atoms with Crippen molar-refractivity contribution in [2.24, 2.45) is 0 Å². The largest absolute Gasteiger partial charge is 0.399 e. The molecule has 0 aliphatic rings. The number of carbonyl (C=O) groups excluding carboxylic acids is 1. The number of hydrogen-bond acceptors (Lipinski definition) is 2. The summed E-state index contributed by atoms with van der Waals surface area (Å²) in [6.07, 6.45) is 0. The minimum atomic E-state index is 0.0721.